The van der Waals surface area contributed by atoms with E-state index in [1.165, 1.54) is 0 Å². The van der Waals surface area contributed by atoms with Crippen LogP contribution in [0.5, 0.6) is 5.88 Å². The molecule has 0 fully saturated rings. The highest BCUT2D eigenvalue weighted by Gasteiger charge is 2.18. The van der Waals surface area contributed by atoms with Gasteiger partial charge in [0.15, 0.2) is 0 Å². The van der Waals surface area contributed by atoms with Gasteiger partial charge in [0.25, 0.3) is 0 Å². The SMILES string of the molecule is CCCC(C)(C)Oc1cccc(Cl)n1. The first-order valence-electron chi connectivity index (χ1n) is 4.85. The van der Waals surface area contributed by atoms with E-state index in [1.54, 1.807) is 6.07 Å². The number of halogens is 1. The van der Waals surface area contributed by atoms with E-state index in [0.717, 1.165) is 12.8 Å². The van der Waals surface area contributed by atoms with E-state index in [-0.39, 0.29) is 5.60 Å². The Labute approximate surface area is 90.3 Å². The highest BCUT2D eigenvalue weighted by Crippen LogP contribution is 2.21. The van der Waals surface area contributed by atoms with Crippen LogP contribution in [0.1, 0.15) is 33.6 Å². The summed E-state index contributed by atoms with van der Waals surface area (Å²) in [6.45, 7) is 6.24. The van der Waals surface area contributed by atoms with Crippen LogP contribution in [-0.4, -0.2) is 10.6 Å². The summed E-state index contributed by atoms with van der Waals surface area (Å²) >= 11 is 5.76. The molecule has 3 heteroatoms. The highest BCUT2D eigenvalue weighted by molar-refractivity contribution is 6.29. The Morgan fingerprint density at radius 2 is 2.14 bits per heavy atom. The van der Waals surface area contributed by atoms with Crippen LogP contribution in [0.25, 0.3) is 0 Å². The van der Waals surface area contributed by atoms with E-state index < -0.39 is 0 Å². The molecule has 0 saturated heterocycles. The van der Waals surface area contributed by atoms with E-state index in [4.69, 9.17) is 16.3 Å². The topological polar surface area (TPSA) is 22.1 Å². The van der Waals surface area contributed by atoms with Gasteiger partial charge >= 0.3 is 0 Å². The third-order valence-electron chi connectivity index (χ3n) is 1.92. The van der Waals surface area contributed by atoms with Crippen molar-refractivity contribution in [3.05, 3.63) is 23.4 Å². The first kappa shape index (κ1) is 11.3. The molecular weight excluding hydrogens is 198 g/mol. The van der Waals surface area contributed by atoms with Gasteiger partial charge in [-0.3, -0.25) is 0 Å². The fourth-order valence-corrected chi connectivity index (χ4v) is 1.54. The number of hydrogen-bond acceptors (Lipinski definition) is 2. The summed E-state index contributed by atoms with van der Waals surface area (Å²) in [7, 11) is 0. The number of nitrogens with zero attached hydrogens (tertiary/aromatic N) is 1. The lowest BCUT2D eigenvalue weighted by Gasteiger charge is -2.25. The number of hydrogen-bond donors (Lipinski definition) is 0. The van der Waals surface area contributed by atoms with Crippen LogP contribution in [0.15, 0.2) is 18.2 Å². The number of pyridine rings is 1. The molecule has 0 spiro atoms. The average molecular weight is 214 g/mol. The minimum absolute atomic E-state index is 0.174. The third-order valence-corrected chi connectivity index (χ3v) is 2.13. The monoisotopic (exact) mass is 213 g/mol. The van der Waals surface area contributed by atoms with Gasteiger partial charge in [-0.05, 0) is 26.3 Å². The Kier molecular flexibility index (Phi) is 3.76. The maximum Gasteiger partial charge on any atom is 0.215 e. The molecule has 0 aliphatic heterocycles. The predicted octanol–water partition coefficient (Wildman–Crippen LogP) is 3.69. The van der Waals surface area contributed by atoms with Gasteiger partial charge in [0.05, 0.1) is 0 Å². The standard InChI is InChI=1S/C11H16ClNO/c1-4-8-11(2,3)14-10-7-5-6-9(12)13-10/h5-7H,4,8H2,1-3H3. The summed E-state index contributed by atoms with van der Waals surface area (Å²) in [6, 6.07) is 5.40. The summed E-state index contributed by atoms with van der Waals surface area (Å²) in [4.78, 5) is 4.08. The maximum absolute atomic E-state index is 5.76. The molecular formula is C11H16ClNO. The van der Waals surface area contributed by atoms with Crippen LogP contribution in [0.2, 0.25) is 5.15 Å². The van der Waals surface area contributed by atoms with Crippen LogP contribution >= 0.6 is 11.6 Å². The van der Waals surface area contributed by atoms with Crippen molar-refractivity contribution in [1.82, 2.24) is 4.98 Å². The Bertz CT molecular complexity index is 299. The zero-order valence-electron chi connectivity index (χ0n) is 8.88. The second-order valence-corrected chi connectivity index (χ2v) is 4.30. The van der Waals surface area contributed by atoms with E-state index in [1.807, 2.05) is 12.1 Å². The van der Waals surface area contributed by atoms with E-state index in [0.29, 0.717) is 11.0 Å². The Balaban J connectivity index is 2.68. The summed E-state index contributed by atoms with van der Waals surface area (Å²) in [6.07, 6.45) is 2.09. The summed E-state index contributed by atoms with van der Waals surface area (Å²) in [5.74, 6) is 0.593. The van der Waals surface area contributed by atoms with Gasteiger partial charge in [0.2, 0.25) is 5.88 Å². The highest BCUT2D eigenvalue weighted by atomic mass is 35.5. The molecule has 1 rings (SSSR count). The van der Waals surface area contributed by atoms with E-state index >= 15 is 0 Å². The zero-order chi connectivity index (χ0) is 10.6. The van der Waals surface area contributed by atoms with Gasteiger partial charge in [-0.1, -0.05) is 31.0 Å². The van der Waals surface area contributed by atoms with Crippen molar-refractivity contribution in [3.63, 3.8) is 0 Å². The van der Waals surface area contributed by atoms with Crippen molar-refractivity contribution in [1.29, 1.82) is 0 Å². The number of aromatic nitrogens is 1. The summed E-state index contributed by atoms with van der Waals surface area (Å²) < 4.78 is 5.73. The Morgan fingerprint density at radius 1 is 1.43 bits per heavy atom. The molecule has 2 nitrogen and oxygen atoms in total. The second kappa shape index (κ2) is 4.65. The molecule has 0 N–H and O–H groups in total. The van der Waals surface area contributed by atoms with E-state index in [2.05, 4.69) is 25.8 Å². The summed E-state index contributed by atoms with van der Waals surface area (Å²) in [5, 5.41) is 0.467. The molecule has 0 aliphatic carbocycles. The van der Waals surface area contributed by atoms with Crippen molar-refractivity contribution < 1.29 is 4.74 Å². The third kappa shape index (κ3) is 3.54. The molecule has 1 heterocycles. The van der Waals surface area contributed by atoms with Gasteiger partial charge in [-0.2, -0.15) is 0 Å². The number of rotatable bonds is 4. The van der Waals surface area contributed by atoms with Crippen molar-refractivity contribution in [2.75, 3.05) is 0 Å². The van der Waals surface area contributed by atoms with Gasteiger partial charge in [0.1, 0.15) is 10.8 Å². The lowest BCUT2D eigenvalue weighted by molar-refractivity contribution is 0.0927. The molecule has 0 aromatic carbocycles. The molecule has 78 valence electrons. The molecule has 0 unspecified atom stereocenters. The molecule has 0 radical (unpaired) electrons. The van der Waals surface area contributed by atoms with Gasteiger partial charge in [-0.25, -0.2) is 4.98 Å². The quantitative estimate of drug-likeness (QED) is 0.712. The van der Waals surface area contributed by atoms with Crippen molar-refractivity contribution in [2.45, 2.75) is 39.2 Å². The smallest absolute Gasteiger partial charge is 0.215 e. The van der Waals surface area contributed by atoms with Crippen LogP contribution in [0.4, 0.5) is 0 Å². The predicted molar refractivity (Wildman–Crippen MR) is 58.9 cm³/mol. The van der Waals surface area contributed by atoms with Crippen LogP contribution in [-0.2, 0) is 0 Å². The Hall–Kier alpha value is -0.760. The molecule has 0 bridgehead atoms. The van der Waals surface area contributed by atoms with Crippen LogP contribution in [0, 0.1) is 0 Å². The van der Waals surface area contributed by atoms with Gasteiger partial charge in [-0.15, -0.1) is 0 Å². The molecule has 1 aromatic rings. The molecule has 0 aliphatic rings. The van der Waals surface area contributed by atoms with Gasteiger partial charge < -0.3 is 4.74 Å². The first-order valence-corrected chi connectivity index (χ1v) is 5.23. The summed E-state index contributed by atoms with van der Waals surface area (Å²) in [5.41, 5.74) is -0.174. The Morgan fingerprint density at radius 3 is 2.71 bits per heavy atom. The number of ether oxygens (including phenoxy) is 1. The second-order valence-electron chi connectivity index (χ2n) is 3.91. The zero-order valence-corrected chi connectivity index (χ0v) is 9.64. The molecule has 1 aromatic heterocycles. The molecule has 0 atom stereocenters. The van der Waals surface area contributed by atoms with E-state index in [9.17, 15) is 0 Å². The lowest BCUT2D eigenvalue weighted by atomic mass is 10.0. The molecule has 0 amide bonds. The van der Waals surface area contributed by atoms with Gasteiger partial charge in [0, 0.05) is 6.07 Å². The lowest BCUT2D eigenvalue weighted by Crippen LogP contribution is -2.28. The molecule has 14 heavy (non-hydrogen) atoms. The fraction of sp³-hybridized carbons (Fsp3) is 0.545. The minimum atomic E-state index is -0.174. The van der Waals surface area contributed by atoms with Crippen molar-refractivity contribution in [3.8, 4) is 5.88 Å². The average Bonchev–Trinajstić information content (AvgIpc) is 2.02. The molecule has 0 saturated carbocycles. The minimum Gasteiger partial charge on any atom is -0.472 e. The van der Waals surface area contributed by atoms with Crippen molar-refractivity contribution in [2.24, 2.45) is 0 Å². The van der Waals surface area contributed by atoms with Crippen LogP contribution < -0.4 is 4.74 Å². The first-order chi connectivity index (χ1) is 6.53. The normalized spacial score (nSPS) is 11.4. The largest absolute Gasteiger partial charge is 0.472 e. The van der Waals surface area contributed by atoms with Crippen LogP contribution in [0.3, 0.4) is 0 Å². The maximum atomic E-state index is 5.76. The van der Waals surface area contributed by atoms with Crippen molar-refractivity contribution >= 4 is 11.6 Å². The fourth-order valence-electron chi connectivity index (χ4n) is 1.38.